The SMILES string of the molecule is CCCCO[SiH](C)CCC[Si](C)(C)OCCCC. The first-order chi connectivity index (χ1) is 8.52. The molecule has 1 unspecified atom stereocenters. The maximum atomic E-state index is 6.06. The van der Waals surface area contributed by atoms with E-state index in [1.807, 2.05) is 0 Å². The second-order valence-corrected chi connectivity index (χ2v) is 12.7. The monoisotopic (exact) mass is 290 g/mol. The van der Waals surface area contributed by atoms with Crippen molar-refractivity contribution in [2.24, 2.45) is 0 Å². The average molecular weight is 291 g/mol. The van der Waals surface area contributed by atoms with Crippen LogP contribution in [0.15, 0.2) is 0 Å². The molecule has 0 fully saturated rings. The van der Waals surface area contributed by atoms with E-state index in [1.165, 1.54) is 44.2 Å². The molecule has 0 N–H and O–H groups in total. The minimum Gasteiger partial charge on any atom is -0.420 e. The molecule has 0 saturated heterocycles. The van der Waals surface area contributed by atoms with Crippen molar-refractivity contribution in [3.8, 4) is 0 Å². The van der Waals surface area contributed by atoms with Crippen LogP contribution in [0.5, 0.6) is 0 Å². The van der Waals surface area contributed by atoms with Gasteiger partial charge in [-0.25, -0.2) is 0 Å². The summed E-state index contributed by atoms with van der Waals surface area (Å²) in [5.41, 5.74) is 0. The second-order valence-electron chi connectivity index (χ2n) is 5.89. The Balaban J connectivity index is 3.55. The number of rotatable bonds is 12. The molecular weight excluding hydrogens is 256 g/mol. The van der Waals surface area contributed by atoms with E-state index in [0.717, 1.165) is 13.2 Å². The van der Waals surface area contributed by atoms with Gasteiger partial charge in [0, 0.05) is 13.2 Å². The van der Waals surface area contributed by atoms with E-state index in [4.69, 9.17) is 8.85 Å². The Hall–Kier alpha value is 0.354. The van der Waals surface area contributed by atoms with Crippen LogP contribution in [0.4, 0.5) is 0 Å². The van der Waals surface area contributed by atoms with E-state index in [1.54, 1.807) is 0 Å². The highest BCUT2D eigenvalue weighted by molar-refractivity contribution is 6.71. The van der Waals surface area contributed by atoms with Crippen molar-refractivity contribution < 1.29 is 8.85 Å². The van der Waals surface area contributed by atoms with Crippen LogP contribution in [-0.4, -0.2) is 30.6 Å². The van der Waals surface area contributed by atoms with Crippen LogP contribution >= 0.6 is 0 Å². The molecule has 1 atom stereocenters. The Morgan fingerprint density at radius 1 is 0.944 bits per heavy atom. The highest BCUT2D eigenvalue weighted by atomic mass is 28.4. The van der Waals surface area contributed by atoms with Gasteiger partial charge in [-0.2, -0.15) is 0 Å². The average Bonchev–Trinajstić information content (AvgIpc) is 2.29. The summed E-state index contributed by atoms with van der Waals surface area (Å²) in [6, 6.07) is 2.61. The van der Waals surface area contributed by atoms with E-state index in [0.29, 0.717) is 0 Å². The van der Waals surface area contributed by atoms with Gasteiger partial charge in [0.05, 0.1) is 0 Å². The smallest absolute Gasteiger partial charge is 0.186 e. The molecule has 0 aromatic heterocycles. The number of hydrogen-bond donors (Lipinski definition) is 0. The van der Waals surface area contributed by atoms with Gasteiger partial charge in [-0.1, -0.05) is 33.1 Å². The molecule has 0 spiro atoms. The van der Waals surface area contributed by atoms with Crippen LogP contribution in [0.1, 0.15) is 46.0 Å². The molecule has 0 rings (SSSR count). The van der Waals surface area contributed by atoms with Crippen molar-refractivity contribution in [3.05, 3.63) is 0 Å². The van der Waals surface area contributed by atoms with Gasteiger partial charge >= 0.3 is 0 Å². The van der Waals surface area contributed by atoms with Crippen LogP contribution in [0.25, 0.3) is 0 Å². The molecule has 2 nitrogen and oxygen atoms in total. The fourth-order valence-electron chi connectivity index (χ4n) is 1.89. The van der Waals surface area contributed by atoms with Crippen molar-refractivity contribution in [1.82, 2.24) is 0 Å². The molecule has 0 amide bonds. The Bertz CT molecular complexity index is 187. The third-order valence-corrected chi connectivity index (χ3v) is 7.85. The first-order valence-electron chi connectivity index (χ1n) is 7.77. The summed E-state index contributed by atoms with van der Waals surface area (Å²) in [5.74, 6) is 0. The van der Waals surface area contributed by atoms with Crippen LogP contribution in [0, 0.1) is 0 Å². The molecule has 0 aliphatic carbocycles. The normalized spacial score (nSPS) is 13.8. The van der Waals surface area contributed by atoms with E-state index in [-0.39, 0.29) is 0 Å². The summed E-state index contributed by atoms with van der Waals surface area (Å²) < 4.78 is 12.0. The second kappa shape index (κ2) is 11.2. The van der Waals surface area contributed by atoms with Gasteiger partial charge in [-0.3, -0.25) is 0 Å². The van der Waals surface area contributed by atoms with Gasteiger partial charge < -0.3 is 8.85 Å². The van der Waals surface area contributed by atoms with Gasteiger partial charge in [0.25, 0.3) is 0 Å². The van der Waals surface area contributed by atoms with E-state index in [9.17, 15) is 0 Å². The highest BCUT2D eigenvalue weighted by Crippen LogP contribution is 2.17. The molecule has 0 aromatic carbocycles. The van der Waals surface area contributed by atoms with Crippen molar-refractivity contribution in [1.29, 1.82) is 0 Å². The third-order valence-electron chi connectivity index (χ3n) is 3.28. The Morgan fingerprint density at radius 3 is 2.17 bits per heavy atom. The highest BCUT2D eigenvalue weighted by Gasteiger charge is 2.22. The van der Waals surface area contributed by atoms with Crippen LogP contribution in [0.3, 0.4) is 0 Å². The maximum absolute atomic E-state index is 6.06. The Morgan fingerprint density at radius 2 is 1.56 bits per heavy atom. The molecule has 0 bridgehead atoms. The summed E-state index contributed by atoms with van der Waals surface area (Å²) in [6.07, 6.45) is 6.22. The Labute approximate surface area is 117 Å². The number of hydrogen-bond acceptors (Lipinski definition) is 2. The zero-order valence-electron chi connectivity index (χ0n) is 13.3. The lowest BCUT2D eigenvalue weighted by Crippen LogP contribution is -2.31. The van der Waals surface area contributed by atoms with Crippen molar-refractivity contribution >= 4 is 17.4 Å². The van der Waals surface area contributed by atoms with Crippen molar-refractivity contribution in [2.75, 3.05) is 13.2 Å². The van der Waals surface area contributed by atoms with Crippen molar-refractivity contribution in [3.63, 3.8) is 0 Å². The van der Waals surface area contributed by atoms with Crippen LogP contribution in [0.2, 0.25) is 31.7 Å². The molecule has 0 aromatic rings. The van der Waals surface area contributed by atoms with E-state index >= 15 is 0 Å². The molecule has 4 heteroatoms. The summed E-state index contributed by atoms with van der Waals surface area (Å²) in [4.78, 5) is 0. The summed E-state index contributed by atoms with van der Waals surface area (Å²) in [7, 11) is -2.27. The zero-order valence-corrected chi connectivity index (χ0v) is 15.4. The van der Waals surface area contributed by atoms with Gasteiger partial charge in [-0.15, -0.1) is 0 Å². The van der Waals surface area contributed by atoms with Crippen LogP contribution in [-0.2, 0) is 8.85 Å². The topological polar surface area (TPSA) is 18.5 Å². The maximum Gasteiger partial charge on any atom is 0.186 e. The molecule has 0 aliphatic heterocycles. The molecule has 0 saturated carbocycles. The minimum absolute atomic E-state index is 0.890. The van der Waals surface area contributed by atoms with Crippen molar-refractivity contribution in [2.45, 2.75) is 77.7 Å². The largest absolute Gasteiger partial charge is 0.420 e. The summed E-state index contributed by atoms with van der Waals surface area (Å²) in [5, 5.41) is 0. The number of unbranched alkanes of at least 4 members (excludes halogenated alkanes) is 2. The lowest BCUT2D eigenvalue weighted by atomic mass is 10.4. The molecule has 0 radical (unpaired) electrons. The third kappa shape index (κ3) is 11.4. The van der Waals surface area contributed by atoms with Crippen LogP contribution < -0.4 is 0 Å². The lowest BCUT2D eigenvalue weighted by molar-refractivity contribution is 0.297. The molecule has 0 heterocycles. The summed E-state index contributed by atoms with van der Waals surface area (Å²) >= 11 is 0. The van der Waals surface area contributed by atoms with Gasteiger partial charge in [0.2, 0.25) is 0 Å². The van der Waals surface area contributed by atoms with Gasteiger partial charge in [0.15, 0.2) is 17.4 Å². The molecule has 18 heavy (non-hydrogen) atoms. The first-order valence-corrected chi connectivity index (χ1v) is 13.3. The molecule has 110 valence electrons. The molecule has 0 aliphatic rings. The zero-order chi connectivity index (χ0) is 13.9. The minimum atomic E-state index is -1.38. The van der Waals surface area contributed by atoms with Gasteiger partial charge in [-0.05, 0) is 44.6 Å². The lowest BCUT2D eigenvalue weighted by Gasteiger charge is -2.23. The Kier molecular flexibility index (Phi) is 11.4. The first kappa shape index (κ1) is 18.4. The van der Waals surface area contributed by atoms with Gasteiger partial charge in [0.1, 0.15) is 0 Å². The predicted octanol–water partition coefficient (Wildman–Crippen LogP) is 4.57. The van der Waals surface area contributed by atoms with E-state index in [2.05, 4.69) is 33.5 Å². The predicted molar refractivity (Wildman–Crippen MR) is 86.4 cm³/mol. The molecular formula is C14H34O2Si2. The summed E-state index contributed by atoms with van der Waals surface area (Å²) in [6.45, 7) is 13.4. The quantitative estimate of drug-likeness (QED) is 0.387. The fourth-order valence-corrected chi connectivity index (χ4v) is 5.71. The standard InChI is InChI=1S/C14H34O2Si2/c1-6-8-11-15-17(3)13-10-14-18(4,5)16-12-9-7-2/h17H,6-14H2,1-5H3. The fraction of sp³-hybridized carbons (Fsp3) is 1.00. The van der Waals surface area contributed by atoms with E-state index < -0.39 is 17.4 Å².